The van der Waals surface area contributed by atoms with Gasteiger partial charge in [0.15, 0.2) is 0 Å². The Bertz CT molecular complexity index is 1440. The van der Waals surface area contributed by atoms with Gasteiger partial charge in [-0.05, 0) is 103 Å². The molecule has 3 N–H and O–H groups in total. The van der Waals surface area contributed by atoms with E-state index in [1.165, 1.54) is 141 Å². The van der Waals surface area contributed by atoms with Crippen molar-refractivity contribution in [3.05, 3.63) is 134 Å². The monoisotopic (exact) mass is 980 g/mol. The largest absolute Gasteiger partial charge is 0.394 e. The van der Waals surface area contributed by atoms with Crippen LogP contribution in [0.15, 0.2) is 134 Å². The van der Waals surface area contributed by atoms with Crippen molar-refractivity contribution in [2.24, 2.45) is 0 Å². The second-order valence-electron chi connectivity index (χ2n) is 19.7. The number of rotatable bonds is 53. The zero-order chi connectivity index (χ0) is 51.3. The highest BCUT2D eigenvalue weighted by Crippen LogP contribution is 2.16. The molecule has 1 amide bonds. The van der Waals surface area contributed by atoms with Crippen LogP contribution in [-0.4, -0.2) is 34.9 Å². The molecular formula is C67H113NO3. The standard InChI is InChI=1S/C67H113NO3/c1-3-5-7-9-11-13-15-17-19-21-23-25-27-29-31-32-33-34-35-36-37-39-41-43-45-47-49-51-53-55-57-59-61-63-67(71)68-65(64-69)66(70)62-60-58-56-54-52-50-48-46-44-42-40-38-30-28-26-24-22-20-18-16-14-12-10-8-6-4-2/h5,7,11,13,17,19,23,25,29,31,33-34,36-37,41,43,47,49,52,54,60,62,65-66,69-70H,3-4,6,8-10,12,14-16,18,20-22,24,26-28,30,32,35,38-40,42,44-46,48,50-51,53,55-59,61,63-64H2,1-2H3,(H,68,71)/b7-5-,13-11-,19-17-,25-23-,31-29-,34-33-,37-36-,43-41-,49-47-,54-52+,62-60+. The third kappa shape index (κ3) is 57.3. The molecule has 4 heteroatoms. The minimum absolute atomic E-state index is 0.0965. The summed E-state index contributed by atoms with van der Waals surface area (Å²) in [5.74, 6) is -0.0965. The van der Waals surface area contributed by atoms with Crippen molar-refractivity contribution in [2.75, 3.05) is 6.61 Å². The van der Waals surface area contributed by atoms with Crippen molar-refractivity contribution < 1.29 is 15.0 Å². The molecule has 0 spiro atoms. The first-order valence-corrected chi connectivity index (χ1v) is 29.9. The molecule has 0 bridgehead atoms. The number of amides is 1. The fourth-order valence-corrected chi connectivity index (χ4v) is 8.36. The van der Waals surface area contributed by atoms with Gasteiger partial charge < -0.3 is 15.5 Å². The van der Waals surface area contributed by atoms with Crippen molar-refractivity contribution in [3.63, 3.8) is 0 Å². The second kappa shape index (κ2) is 60.8. The van der Waals surface area contributed by atoms with Gasteiger partial charge in [-0.25, -0.2) is 0 Å². The highest BCUT2D eigenvalue weighted by Gasteiger charge is 2.18. The van der Waals surface area contributed by atoms with Crippen LogP contribution in [0.25, 0.3) is 0 Å². The van der Waals surface area contributed by atoms with E-state index >= 15 is 0 Å². The first-order chi connectivity index (χ1) is 35.2. The van der Waals surface area contributed by atoms with E-state index in [4.69, 9.17) is 0 Å². The van der Waals surface area contributed by atoms with E-state index in [1.807, 2.05) is 6.08 Å². The molecule has 0 saturated heterocycles. The van der Waals surface area contributed by atoms with Crippen LogP contribution in [0, 0.1) is 0 Å². The summed E-state index contributed by atoms with van der Waals surface area (Å²) in [5, 5.41) is 23.2. The van der Waals surface area contributed by atoms with Gasteiger partial charge in [-0.3, -0.25) is 4.79 Å². The Balaban J connectivity index is 3.66. The van der Waals surface area contributed by atoms with Crippen LogP contribution in [0.3, 0.4) is 0 Å². The number of hydrogen-bond donors (Lipinski definition) is 3. The van der Waals surface area contributed by atoms with E-state index in [2.05, 4.69) is 141 Å². The number of nitrogens with one attached hydrogen (secondary N) is 1. The summed E-state index contributed by atoms with van der Waals surface area (Å²) < 4.78 is 0. The van der Waals surface area contributed by atoms with Gasteiger partial charge in [-0.1, -0.05) is 289 Å². The van der Waals surface area contributed by atoms with Gasteiger partial charge in [0, 0.05) is 6.42 Å². The quantitative estimate of drug-likeness (QED) is 0.0420. The maximum Gasteiger partial charge on any atom is 0.220 e. The van der Waals surface area contributed by atoms with Gasteiger partial charge in [0.05, 0.1) is 18.8 Å². The minimum atomic E-state index is -0.882. The van der Waals surface area contributed by atoms with E-state index < -0.39 is 12.1 Å². The van der Waals surface area contributed by atoms with Crippen LogP contribution in [-0.2, 0) is 4.79 Å². The van der Waals surface area contributed by atoms with Gasteiger partial charge in [-0.15, -0.1) is 0 Å². The lowest BCUT2D eigenvalue weighted by Gasteiger charge is -2.19. The molecule has 0 aromatic rings. The van der Waals surface area contributed by atoms with Gasteiger partial charge in [0.25, 0.3) is 0 Å². The SMILES string of the molecule is CC/C=C\C/C=C\C/C=C\C/C=C\C/C=C\C/C=C\C/C=C\C/C=C\C/C=C\CCCCCCCC(=O)NC(CO)C(O)/C=C/CC/C=C/CCCCCCCCCCCCCCCCCCCCCC. The van der Waals surface area contributed by atoms with Crippen LogP contribution in [0.1, 0.15) is 264 Å². The lowest BCUT2D eigenvalue weighted by atomic mass is 10.0. The van der Waals surface area contributed by atoms with Gasteiger partial charge in [-0.2, -0.15) is 0 Å². The molecule has 0 saturated carbocycles. The highest BCUT2D eigenvalue weighted by atomic mass is 16.3. The van der Waals surface area contributed by atoms with E-state index in [0.717, 1.165) is 103 Å². The molecule has 0 aromatic heterocycles. The molecule has 0 aliphatic rings. The maximum absolute atomic E-state index is 12.5. The molecule has 0 fully saturated rings. The average molecular weight is 981 g/mol. The molecule has 0 radical (unpaired) electrons. The summed E-state index contributed by atoms with van der Waals surface area (Å²) in [6.45, 7) is 4.18. The molecule has 0 heterocycles. The molecule has 4 nitrogen and oxygen atoms in total. The van der Waals surface area contributed by atoms with Crippen molar-refractivity contribution >= 4 is 5.91 Å². The molecule has 0 aliphatic heterocycles. The average Bonchev–Trinajstić information content (AvgIpc) is 3.37. The predicted molar refractivity (Wildman–Crippen MR) is 317 cm³/mol. The Labute approximate surface area is 441 Å². The predicted octanol–water partition coefficient (Wildman–Crippen LogP) is 20.2. The van der Waals surface area contributed by atoms with Crippen LogP contribution in [0.4, 0.5) is 0 Å². The molecule has 0 aromatic carbocycles. The van der Waals surface area contributed by atoms with Crippen LogP contribution in [0.5, 0.6) is 0 Å². The van der Waals surface area contributed by atoms with Crippen molar-refractivity contribution in [3.8, 4) is 0 Å². The summed E-state index contributed by atoms with van der Waals surface area (Å²) in [5.41, 5.74) is 0. The van der Waals surface area contributed by atoms with Gasteiger partial charge in [0.2, 0.25) is 5.91 Å². The third-order valence-electron chi connectivity index (χ3n) is 12.9. The zero-order valence-electron chi connectivity index (χ0n) is 46.4. The summed E-state index contributed by atoms with van der Waals surface area (Å²) in [6.07, 6.45) is 94.8. The second-order valence-corrected chi connectivity index (χ2v) is 19.7. The molecule has 0 rings (SSSR count). The van der Waals surface area contributed by atoms with Gasteiger partial charge >= 0.3 is 0 Å². The number of hydrogen-bond acceptors (Lipinski definition) is 3. The van der Waals surface area contributed by atoms with Crippen LogP contribution < -0.4 is 5.32 Å². The number of carbonyl (C=O) groups excluding carboxylic acids is 1. The van der Waals surface area contributed by atoms with Crippen LogP contribution in [0.2, 0.25) is 0 Å². The maximum atomic E-state index is 12.5. The molecule has 2 atom stereocenters. The number of allylic oxidation sites excluding steroid dienone is 21. The Kier molecular flexibility index (Phi) is 57.9. The van der Waals surface area contributed by atoms with E-state index in [-0.39, 0.29) is 12.5 Å². The number of aliphatic hydroxyl groups excluding tert-OH is 2. The van der Waals surface area contributed by atoms with Crippen molar-refractivity contribution in [2.45, 2.75) is 276 Å². The van der Waals surface area contributed by atoms with Crippen LogP contribution >= 0.6 is 0 Å². The number of carbonyl (C=O) groups is 1. The summed E-state index contributed by atoms with van der Waals surface area (Å²) in [7, 11) is 0. The van der Waals surface area contributed by atoms with Crippen molar-refractivity contribution in [1.29, 1.82) is 0 Å². The smallest absolute Gasteiger partial charge is 0.220 e. The lowest BCUT2D eigenvalue weighted by molar-refractivity contribution is -0.123. The molecule has 404 valence electrons. The zero-order valence-corrected chi connectivity index (χ0v) is 46.4. The number of unbranched alkanes of at least 4 members (excludes halogenated alkanes) is 26. The Morgan fingerprint density at radius 2 is 0.634 bits per heavy atom. The molecular weight excluding hydrogens is 867 g/mol. The van der Waals surface area contributed by atoms with Gasteiger partial charge in [0.1, 0.15) is 0 Å². The van der Waals surface area contributed by atoms with Crippen molar-refractivity contribution in [1.82, 2.24) is 5.32 Å². The Hall–Kier alpha value is -3.47. The van der Waals surface area contributed by atoms with E-state index in [0.29, 0.717) is 6.42 Å². The fourth-order valence-electron chi connectivity index (χ4n) is 8.36. The molecule has 71 heavy (non-hydrogen) atoms. The highest BCUT2D eigenvalue weighted by molar-refractivity contribution is 5.76. The minimum Gasteiger partial charge on any atom is -0.394 e. The third-order valence-corrected chi connectivity index (χ3v) is 12.9. The Morgan fingerprint density at radius 1 is 0.352 bits per heavy atom. The first kappa shape index (κ1) is 67.5. The normalized spacial score (nSPS) is 13.8. The molecule has 2 unspecified atom stereocenters. The summed E-state index contributed by atoms with van der Waals surface area (Å²) >= 11 is 0. The fraction of sp³-hybridized carbons (Fsp3) is 0.657. The first-order valence-electron chi connectivity index (χ1n) is 29.9. The number of aliphatic hydroxyl groups is 2. The summed E-state index contributed by atoms with van der Waals surface area (Å²) in [4.78, 5) is 12.5. The topological polar surface area (TPSA) is 69.6 Å². The summed E-state index contributed by atoms with van der Waals surface area (Å²) in [6, 6.07) is -0.661. The lowest BCUT2D eigenvalue weighted by Crippen LogP contribution is -2.45. The van der Waals surface area contributed by atoms with E-state index in [1.54, 1.807) is 6.08 Å². The van der Waals surface area contributed by atoms with E-state index in [9.17, 15) is 15.0 Å². The molecule has 0 aliphatic carbocycles. The Morgan fingerprint density at radius 3 is 0.986 bits per heavy atom.